The molecule has 0 amide bonds. The maximum atomic E-state index is 11.0. The number of esters is 1. The first-order valence-electron chi connectivity index (χ1n) is 4.25. The van der Waals surface area contributed by atoms with E-state index in [-0.39, 0.29) is 12.1 Å². The predicted octanol–water partition coefficient (Wildman–Crippen LogP) is 2.02. The molecule has 13 heavy (non-hydrogen) atoms. The van der Waals surface area contributed by atoms with E-state index in [1.807, 2.05) is 43.3 Å². The van der Waals surface area contributed by atoms with Crippen LogP contribution in [0.25, 0.3) is 6.08 Å². The Hall–Kier alpha value is -1.57. The molecule has 1 saturated heterocycles. The predicted molar refractivity (Wildman–Crippen MR) is 50.0 cm³/mol. The van der Waals surface area contributed by atoms with Crippen molar-refractivity contribution in [3.8, 4) is 0 Å². The van der Waals surface area contributed by atoms with Crippen LogP contribution in [-0.4, -0.2) is 12.1 Å². The topological polar surface area (TPSA) is 26.3 Å². The fourth-order valence-electron chi connectivity index (χ4n) is 1.31. The average Bonchev–Trinajstić information content (AvgIpc) is 2.16. The number of carbonyl (C=O) groups excluding carboxylic acids is 1. The minimum Gasteiger partial charge on any atom is -0.454 e. The maximum Gasteiger partial charge on any atom is 0.338 e. The fraction of sp³-hybridized carbons (Fsp3) is 0.182. The summed E-state index contributed by atoms with van der Waals surface area (Å²) in [6.45, 7) is 1.87. The van der Waals surface area contributed by atoms with Crippen LogP contribution in [0.15, 0.2) is 35.9 Å². The van der Waals surface area contributed by atoms with Gasteiger partial charge in [0.15, 0.2) is 0 Å². The average molecular weight is 174 g/mol. The van der Waals surface area contributed by atoms with Crippen molar-refractivity contribution in [2.75, 3.05) is 0 Å². The lowest BCUT2D eigenvalue weighted by Gasteiger charge is -2.25. The molecule has 0 saturated carbocycles. The first kappa shape index (κ1) is 8.05. The minimum atomic E-state index is -0.198. The third-order valence-corrected chi connectivity index (χ3v) is 2.08. The number of hydrogen-bond acceptors (Lipinski definition) is 2. The summed E-state index contributed by atoms with van der Waals surface area (Å²) in [6, 6.07) is 9.77. The van der Waals surface area contributed by atoms with Crippen LogP contribution < -0.4 is 0 Å². The normalized spacial score (nSPS) is 23.9. The molecule has 1 aliphatic heterocycles. The molecule has 2 nitrogen and oxygen atoms in total. The molecular formula is C11H10O2. The van der Waals surface area contributed by atoms with Gasteiger partial charge in [0.2, 0.25) is 0 Å². The van der Waals surface area contributed by atoms with Gasteiger partial charge >= 0.3 is 5.97 Å². The van der Waals surface area contributed by atoms with E-state index in [1.165, 1.54) is 0 Å². The zero-order chi connectivity index (χ0) is 9.26. The Kier molecular flexibility index (Phi) is 1.89. The monoisotopic (exact) mass is 174 g/mol. The van der Waals surface area contributed by atoms with Crippen molar-refractivity contribution in [3.63, 3.8) is 0 Å². The van der Waals surface area contributed by atoms with Gasteiger partial charge in [-0.05, 0) is 18.6 Å². The summed E-state index contributed by atoms with van der Waals surface area (Å²) in [5, 5.41) is 0. The smallest absolute Gasteiger partial charge is 0.338 e. The highest BCUT2D eigenvalue weighted by Gasteiger charge is 2.31. The van der Waals surface area contributed by atoms with Gasteiger partial charge in [-0.15, -0.1) is 0 Å². The van der Waals surface area contributed by atoms with E-state index >= 15 is 0 Å². The van der Waals surface area contributed by atoms with Crippen LogP contribution in [-0.2, 0) is 9.53 Å². The first-order valence-corrected chi connectivity index (χ1v) is 4.25. The second-order valence-corrected chi connectivity index (χ2v) is 3.06. The van der Waals surface area contributed by atoms with E-state index in [0.717, 1.165) is 11.1 Å². The van der Waals surface area contributed by atoms with Crippen molar-refractivity contribution < 1.29 is 9.53 Å². The molecule has 1 atom stereocenters. The first-order chi connectivity index (χ1) is 6.27. The molecule has 2 heteroatoms. The summed E-state index contributed by atoms with van der Waals surface area (Å²) in [4.78, 5) is 11.0. The SMILES string of the molecule is C[C@H]1OC(=O)/C1=C/c1ccccc1. The number of cyclic esters (lactones) is 1. The minimum absolute atomic E-state index is 0.0484. The molecule has 0 spiro atoms. The van der Waals surface area contributed by atoms with E-state index in [9.17, 15) is 4.79 Å². The summed E-state index contributed by atoms with van der Waals surface area (Å²) in [7, 11) is 0. The summed E-state index contributed by atoms with van der Waals surface area (Å²) >= 11 is 0. The molecule has 1 fully saturated rings. The Morgan fingerprint density at radius 3 is 2.54 bits per heavy atom. The van der Waals surface area contributed by atoms with Crippen LogP contribution >= 0.6 is 0 Å². The molecular weight excluding hydrogens is 164 g/mol. The summed E-state index contributed by atoms with van der Waals surface area (Å²) in [6.07, 6.45) is 1.82. The van der Waals surface area contributed by atoms with Gasteiger partial charge in [0.1, 0.15) is 6.10 Å². The standard InChI is InChI=1S/C11H10O2/c1-8-10(11(12)13-8)7-9-5-3-2-4-6-9/h2-8H,1H3/b10-7+/t8-/m1/s1. The number of ether oxygens (including phenoxy) is 1. The van der Waals surface area contributed by atoms with Crippen molar-refractivity contribution in [2.24, 2.45) is 0 Å². The van der Waals surface area contributed by atoms with Crippen LogP contribution in [0.5, 0.6) is 0 Å². The largest absolute Gasteiger partial charge is 0.454 e. The van der Waals surface area contributed by atoms with Gasteiger partial charge in [-0.3, -0.25) is 0 Å². The van der Waals surface area contributed by atoms with Crippen LogP contribution in [0.1, 0.15) is 12.5 Å². The Bertz CT molecular complexity index is 352. The molecule has 0 radical (unpaired) electrons. The van der Waals surface area contributed by atoms with Crippen molar-refractivity contribution >= 4 is 12.0 Å². The van der Waals surface area contributed by atoms with Gasteiger partial charge in [-0.2, -0.15) is 0 Å². The van der Waals surface area contributed by atoms with Crippen LogP contribution in [0, 0.1) is 0 Å². The second-order valence-electron chi connectivity index (χ2n) is 3.06. The van der Waals surface area contributed by atoms with E-state index in [0.29, 0.717) is 0 Å². The van der Waals surface area contributed by atoms with Crippen molar-refractivity contribution in [1.82, 2.24) is 0 Å². The Morgan fingerprint density at radius 1 is 1.31 bits per heavy atom. The lowest BCUT2D eigenvalue weighted by molar-refractivity contribution is -0.154. The van der Waals surface area contributed by atoms with Gasteiger partial charge in [-0.25, -0.2) is 4.79 Å². The molecule has 1 heterocycles. The van der Waals surface area contributed by atoms with E-state index < -0.39 is 0 Å². The van der Waals surface area contributed by atoms with Crippen molar-refractivity contribution in [2.45, 2.75) is 13.0 Å². The van der Waals surface area contributed by atoms with Gasteiger partial charge in [-0.1, -0.05) is 30.3 Å². The summed E-state index contributed by atoms with van der Waals surface area (Å²) < 4.78 is 4.82. The van der Waals surface area contributed by atoms with Crippen LogP contribution in [0.3, 0.4) is 0 Å². The lowest BCUT2D eigenvalue weighted by atomic mass is 10.0. The number of carbonyl (C=O) groups is 1. The maximum absolute atomic E-state index is 11.0. The molecule has 1 aromatic rings. The Balaban J connectivity index is 2.26. The van der Waals surface area contributed by atoms with E-state index in [1.54, 1.807) is 0 Å². The third kappa shape index (κ3) is 1.47. The molecule has 0 N–H and O–H groups in total. The van der Waals surface area contributed by atoms with E-state index in [4.69, 9.17) is 4.74 Å². The molecule has 66 valence electrons. The second kappa shape index (κ2) is 3.05. The third-order valence-electron chi connectivity index (χ3n) is 2.08. The van der Waals surface area contributed by atoms with Gasteiger partial charge in [0.05, 0.1) is 5.57 Å². The zero-order valence-corrected chi connectivity index (χ0v) is 7.36. The highest BCUT2D eigenvalue weighted by atomic mass is 16.6. The van der Waals surface area contributed by atoms with Crippen LogP contribution in [0.2, 0.25) is 0 Å². The van der Waals surface area contributed by atoms with Gasteiger partial charge in [0.25, 0.3) is 0 Å². The number of benzene rings is 1. The van der Waals surface area contributed by atoms with Crippen LogP contribution in [0.4, 0.5) is 0 Å². The van der Waals surface area contributed by atoms with Crippen molar-refractivity contribution in [3.05, 3.63) is 41.5 Å². The highest BCUT2D eigenvalue weighted by Crippen LogP contribution is 2.23. The van der Waals surface area contributed by atoms with Gasteiger partial charge < -0.3 is 4.74 Å². The number of hydrogen-bond donors (Lipinski definition) is 0. The zero-order valence-electron chi connectivity index (χ0n) is 7.36. The highest BCUT2D eigenvalue weighted by molar-refractivity contribution is 5.99. The molecule has 1 aromatic carbocycles. The lowest BCUT2D eigenvalue weighted by Crippen LogP contribution is -2.33. The molecule has 0 bridgehead atoms. The summed E-state index contributed by atoms with van der Waals surface area (Å²) in [5.74, 6) is -0.198. The number of rotatable bonds is 1. The molecule has 0 aliphatic carbocycles. The van der Waals surface area contributed by atoms with Gasteiger partial charge in [0, 0.05) is 0 Å². The fourth-order valence-corrected chi connectivity index (χ4v) is 1.31. The van der Waals surface area contributed by atoms with Crippen molar-refractivity contribution in [1.29, 1.82) is 0 Å². The molecule has 2 rings (SSSR count). The Morgan fingerprint density at radius 2 is 2.00 bits per heavy atom. The molecule has 1 aliphatic rings. The Labute approximate surface area is 76.8 Å². The molecule has 0 aromatic heterocycles. The van der Waals surface area contributed by atoms with E-state index in [2.05, 4.69) is 0 Å². The summed E-state index contributed by atoms with van der Waals surface area (Å²) in [5.41, 5.74) is 1.80. The quantitative estimate of drug-likeness (QED) is 0.481. The molecule has 0 unspecified atom stereocenters.